The predicted molar refractivity (Wildman–Crippen MR) is 117 cm³/mol. The lowest BCUT2D eigenvalue weighted by Crippen LogP contribution is -1.90. The Kier molecular flexibility index (Phi) is 4.47. The van der Waals surface area contributed by atoms with Crippen molar-refractivity contribution in [1.29, 1.82) is 0 Å². The highest BCUT2D eigenvalue weighted by atomic mass is 32.2. The highest BCUT2D eigenvalue weighted by Gasteiger charge is 2.19. The Balaban J connectivity index is 1.65. The summed E-state index contributed by atoms with van der Waals surface area (Å²) in [5, 5.41) is 4.84. The van der Waals surface area contributed by atoms with Crippen LogP contribution in [0.2, 0.25) is 0 Å². The summed E-state index contributed by atoms with van der Waals surface area (Å²) in [6.07, 6.45) is 0. The van der Waals surface area contributed by atoms with Crippen LogP contribution in [0.15, 0.2) is 94.0 Å². The van der Waals surface area contributed by atoms with Crippen LogP contribution in [0.4, 0.5) is 0 Å². The topological polar surface area (TPSA) is 30.2 Å². The summed E-state index contributed by atoms with van der Waals surface area (Å²) in [6, 6.07) is 29.2. The summed E-state index contributed by atoms with van der Waals surface area (Å²) in [5.74, 6) is 0.760. The van der Waals surface area contributed by atoms with Gasteiger partial charge in [-0.2, -0.15) is 4.98 Å². The molecule has 3 nitrogen and oxygen atoms in total. The molecule has 2 heterocycles. The first kappa shape index (κ1) is 17.2. The van der Waals surface area contributed by atoms with E-state index in [-0.39, 0.29) is 0 Å². The van der Waals surface area contributed by atoms with E-state index in [1.54, 1.807) is 23.1 Å². The van der Waals surface area contributed by atoms with Crippen LogP contribution >= 0.6 is 23.1 Å². The number of hydrogen-bond acceptors (Lipinski definition) is 4. The van der Waals surface area contributed by atoms with Gasteiger partial charge in [-0.25, -0.2) is 4.52 Å². The average molecular weight is 400 g/mol. The SMILES string of the molecule is Cc1ccc(Sc2sc3nc(-c4ccccc4)nn3c2-c2ccccc2)cc1. The van der Waals surface area contributed by atoms with Crippen molar-refractivity contribution >= 4 is 28.1 Å². The zero-order valence-corrected chi connectivity index (χ0v) is 16.9. The normalized spacial score (nSPS) is 11.2. The molecule has 136 valence electrons. The van der Waals surface area contributed by atoms with Crippen molar-refractivity contribution in [3.05, 3.63) is 90.5 Å². The van der Waals surface area contributed by atoms with Crippen molar-refractivity contribution in [3.8, 4) is 22.6 Å². The van der Waals surface area contributed by atoms with Crippen LogP contribution in [-0.4, -0.2) is 14.6 Å². The van der Waals surface area contributed by atoms with Gasteiger partial charge < -0.3 is 0 Å². The van der Waals surface area contributed by atoms with E-state index in [1.165, 1.54) is 14.7 Å². The first-order chi connectivity index (χ1) is 13.8. The van der Waals surface area contributed by atoms with Gasteiger partial charge in [0.2, 0.25) is 4.96 Å². The minimum Gasteiger partial charge on any atom is -0.201 e. The molecule has 5 rings (SSSR count). The molecular formula is C23H17N3S2. The highest BCUT2D eigenvalue weighted by Crippen LogP contribution is 2.42. The molecule has 3 aromatic carbocycles. The van der Waals surface area contributed by atoms with Crippen molar-refractivity contribution in [2.45, 2.75) is 16.0 Å². The molecule has 0 bridgehead atoms. The molecule has 5 aromatic rings. The van der Waals surface area contributed by atoms with Crippen LogP contribution in [0, 0.1) is 6.92 Å². The largest absolute Gasteiger partial charge is 0.214 e. The maximum atomic E-state index is 4.84. The van der Waals surface area contributed by atoms with E-state index in [2.05, 4.69) is 55.5 Å². The molecule has 0 N–H and O–H groups in total. The lowest BCUT2D eigenvalue weighted by Gasteiger charge is -2.05. The van der Waals surface area contributed by atoms with Gasteiger partial charge in [0.05, 0.1) is 9.90 Å². The number of aromatic nitrogens is 3. The zero-order chi connectivity index (χ0) is 18.9. The summed E-state index contributed by atoms with van der Waals surface area (Å²) in [7, 11) is 0. The molecule has 0 unspecified atom stereocenters. The van der Waals surface area contributed by atoms with E-state index in [1.807, 2.05) is 40.9 Å². The fourth-order valence-corrected chi connectivity index (χ4v) is 5.34. The molecule has 0 aliphatic rings. The molecule has 0 aliphatic heterocycles. The van der Waals surface area contributed by atoms with E-state index in [0.717, 1.165) is 27.6 Å². The Morgan fingerprint density at radius 2 is 1.43 bits per heavy atom. The van der Waals surface area contributed by atoms with Gasteiger partial charge in [0.15, 0.2) is 5.82 Å². The zero-order valence-electron chi connectivity index (χ0n) is 15.2. The number of hydrogen-bond donors (Lipinski definition) is 0. The van der Waals surface area contributed by atoms with Crippen molar-refractivity contribution in [2.75, 3.05) is 0 Å². The maximum Gasteiger partial charge on any atom is 0.214 e. The fourth-order valence-electron chi connectivity index (χ4n) is 3.06. The number of thiazole rings is 1. The number of rotatable bonds is 4. The Morgan fingerprint density at radius 3 is 2.11 bits per heavy atom. The van der Waals surface area contributed by atoms with E-state index < -0.39 is 0 Å². The van der Waals surface area contributed by atoms with Gasteiger partial charge >= 0.3 is 0 Å². The highest BCUT2D eigenvalue weighted by molar-refractivity contribution is 8.01. The van der Waals surface area contributed by atoms with Crippen LogP contribution in [0.1, 0.15) is 5.56 Å². The molecule has 0 atom stereocenters. The number of benzene rings is 3. The van der Waals surface area contributed by atoms with E-state index in [0.29, 0.717) is 0 Å². The summed E-state index contributed by atoms with van der Waals surface area (Å²) in [4.78, 5) is 6.93. The van der Waals surface area contributed by atoms with Crippen molar-refractivity contribution < 1.29 is 0 Å². The predicted octanol–water partition coefficient (Wildman–Crippen LogP) is 6.58. The van der Waals surface area contributed by atoms with Crippen molar-refractivity contribution in [1.82, 2.24) is 14.6 Å². The van der Waals surface area contributed by atoms with Gasteiger partial charge in [0.25, 0.3) is 0 Å². The molecule has 5 heteroatoms. The van der Waals surface area contributed by atoms with Crippen LogP contribution in [-0.2, 0) is 0 Å². The molecule has 0 saturated carbocycles. The average Bonchev–Trinajstić information content (AvgIpc) is 3.28. The van der Waals surface area contributed by atoms with E-state index in [4.69, 9.17) is 10.1 Å². The third kappa shape index (κ3) is 3.23. The van der Waals surface area contributed by atoms with Crippen LogP contribution in [0.25, 0.3) is 27.6 Å². The minimum atomic E-state index is 0.760. The second-order valence-corrected chi connectivity index (χ2v) is 8.83. The second-order valence-electron chi connectivity index (χ2n) is 6.52. The number of aryl methyl sites for hydroxylation is 1. The molecule has 0 radical (unpaired) electrons. The molecule has 0 saturated heterocycles. The third-order valence-electron chi connectivity index (χ3n) is 4.48. The number of fused-ring (bicyclic) bond motifs is 1. The lowest BCUT2D eigenvalue weighted by molar-refractivity contribution is 0.979. The molecular weight excluding hydrogens is 382 g/mol. The van der Waals surface area contributed by atoms with E-state index >= 15 is 0 Å². The maximum absolute atomic E-state index is 4.84. The van der Waals surface area contributed by atoms with Crippen LogP contribution < -0.4 is 0 Å². The van der Waals surface area contributed by atoms with Gasteiger partial charge in [-0.05, 0) is 19.1 Å². The van der Waals surface area contributed by atoms with Crippen LogP contribution in [0.5, 0.6) is 0 Å². The first-order valence-electron chi connectivity index (χ1n) is 9.03. The van der Waals surface area contributed by atoms with Gasteiger partial charge in [-0.15, -0.1) is 5.10 Å². The summed E-state index contributed by atoms with van der Waals surface area (Å²) in [6.45, 7) is 2.11. The minimum absolute atomic E-state index is 0.760. The molecule has 2 aromatic heterocycles. The number of nitrogens with zero attached hydrogens (tertiary/aromatic N) is 3. The molecule has 0 fully saturated rings. The van der Waals surface area contributed by atoms with Gasteiger partial charge in [-0.1, -0.05) is 101 Å². The fraction of sp³-hybridized carbons (Fsp3) is 0.0435. The molecule has 28 heavy (non-hydrogen) atoms. The van der Waals surface area contributed by atoms with Gasteiger partial charge in [0, 0.05) is 16.0 Å². The Labute approximate surface area is 171 Å². The lowest BCUT2D eigenvalue weighted by atomic mass is 10.2. The quantitative estimate of drug-likeness (QED) is 0.342. The van der Waals surface area contributed by atoms with Crippen molar-refractivity contribution in [3.63, 3.8) is 0 Å². The van der Waals surface area contributed by atoms with Gasteiger partial charge in [-0.3, -0.25) is 0 Å². The summed E-state index contributed by atoms with van der Waals surface area (Å²) < 4.78 is 3.18. The summed E-state index contributed by atoms with van der Waals surface area (Å²) >= 11 is 3.45. The smallest absolute Gasteiger partial charge is 0.201 e. The Bertz CT molecular complexity index is 1220. The van der Waals surface area contributed by atoms with Crippen molar-refractivity contribution in [2.24, 2.45) is 0 Å². The molecule has 0 amide bonds. The monoisotopic (exact) mass is 399 g/mol. The molecule has 0 aliphatic carbocycles. The molecule has 0 spiro atoms. The third-order valence-corrected chi connectivity index (χ3v) is 6.69. The standard InChI is InChI=1S/C23H17N3S2/c1-16-12-14-19(15-13-16)27-22-20(17-8-4-2-5-9-17)26-23(28-22)24-21(25-26)18-10-6-3-7-11-18/h2-15H,1H3. The van der Waals surface area contributed by atoms with Crippen LogP contribution in [0.3, 0.4) is 0 Å². The Hall–Kier alpha value is -2.89. The second kappa shape index (κ2) is 7.26. The first-order valence-corrected chi connectivity index (χ1v) is 10.7. The Morgan fingerprint density at radius 1 is 0.786 bits per heavy atom. The summed E-state index contributed by atoms with van der Waals surface area (Å²) in [5.41, 5.74) is 4.54. The van der Waals surface area contributed by atoms with E-state index in [9.17, 15) is 0 Å². The van der Waals surface area contributed by atoms with Gasteiger partial charge in [0.1, 0.15) is 0 Å².